The molecule has 4 rings (SSSR count). The van der Waals surface area contributed by atoms with Gasteiger partial charge in [-0.15, -0.1) is 5.10 Å². The lowest BCUT2D eigenvalue weighted by Gasteiger charge is -2.12. The van der Waals surface area contributed by atoms with Gasteiger partial charge in [0.25, 0.3) is 5.91 Å². The quantitative estimate of drug-likeness (QED) is 0.440. The monoisotopic (exact) mass is 466 g/mol. The summed E-state index contributed by atoms with van der Waals surface area (Å²) in [6.45, 7) is 2.01. The van der Waals surface area contributed by atoms with E-state index in [2.05, 4.69) is 15.2 Å². The fraction of sp³-hybridized carbons (Fsp3) is 0.182. The first-order valence-corrected chi connectivity index (χ1v) is 11.6. The van der Waals surface area contributed by atoms with E-state index in [-0.39, 0.29) is 17.3 Å². The van der Waals surface area contributed by atoms with E-state index in [0.717, 1.165) is 11.3 Å². The molecule has 0 saturated heterocycles. The lowest BCUT2D eigenvalue weighted by Crippen LogP contribution is -2.27. The molecule has 0 spiro atoms. The first kappa shape index (κ1) is 22.4. The van der Waals surface area contributed by atoms with E-state index in [9.17, 15) is 13.2 Å². The molecule has 33 heavy (non-hydrogen) atoms. The second-order valence-corrected chi connectivity index (χ2v) is 9.12. The summed E-state index contributed by atoms with van der Waals surface area (Å²) in [5, 5.41) is 13.4. The molecular weight excluding hydrogens is 444 g/mol. The smallest absolute Gasteiger partial charge is 0.293 e. The summed E-state index contributed by atoms with van der Waals surface area (Å²) < 4.78 is 29.9. The van der Waals surface area contributed by atoms with E-state index in [1.807, 2.05) is 30.3 Å². The summed E-state index contributed by atoms with van der Waals surface area (Å²) in [5.74, 6) is 0.691. The first-order chi connectivity index (χ1) is 15.7. The van der Waals surface area contributed by atoms with Crippen LogP contribution >= 0.6 is 0 Å². The van der Waals surface area contributed by atoms with Gasteiger partial charge in [-0.3, -0.25) is 4.79 Å². The number of sulfonamides is 1. The molecule has 170 valence electrons. The number of nitrogens with zero attached hydrogens (tertiary/aromatic N) is 5. The van der Waals surface area contributed by atoms with Gasteiger partial charge >= 0.3 is 0 Å². The van der Waals surface area contributed by atoms with E-state index >= 15 is 0 Å². The highest BCUT2D eigenvalue weighted by molar-refractivity contribution is 7.89. The zero-order valence-electron chi connectivity index (χ0n) is 18.0. The number of hydrogen-bond acceptors (Lipinski definition) is 7. The molecule has 0 atom stereocenters. The zero-order chi connectivity index (χ0) is 23.6. The van der Waals surface area contributed by atoms with Crippen molar-refractivity contribution in [2.45, 2.75) is 24.8 Å². The third-order valence-corrected chi connectivity index (χ3v) is 5.83. The molecule has 0 fully saturated rings. The summed E-state index contributed by atoms with van der Waals surface area (Å²) in [7, 11) is -2.20. The Morgan fingerprint density at radius 2 is 1.82 bits per heavy atom. The Morgan fingerprint density at radius 1 is 1.12 bits per heavy atom. The predicted molar refractivity (Wildman–Crippen MR) is 119 cm³/mol. The number of amides is 1. The van der Waals surface area contributed by atoms with Crippen LogP contribution in [0.1, 0.15) is 33.5 Å². The minimum Gasteiger partial charge on any atom is -0.359 e. The lowest BCUT2D eigenvalue weighted by molar-refractivity contribution is 0.0760. The van der Waals surface area contributed by atoms with Gasteiger partial charge in [-0.25, -0.2) is 23.2 Å². The topological polar surface area (TPSA) is 137 Å². The van der Waals surface area contributed by atoms with Crippen LogP contribution in [-0.4, -0.2) is 46.2 Å². The van der Waals surface area contributed by atoms with Gasteiger partial charge < -0.3 is 9.42 Å². The van der Waals surface area contributed by atoms with E-state index in [4.69, 9.17) is 9.66 Å². The second kappa shape index (κ2) is 8.96. The number of nitrogens with two attached hydrogens (primary N) is 1. The molecule has 2 aromatic heterocycles. The maximum atomic E-state index is 13.0. The normalized spacial score (nSPS) is 11.5. The number of hydrogen-bond donors (Lipinski definition) is 1. The molecule has 0 aliphatic carbocycles. The van der Waals surface area contributed by atoms with Crippen molar-refractivity contribution in [1.82, 2.24) is 24.8 Å². The van der Waals surface area contributed by atoms with Crippen molar-refractivity contribution in [3.63, 3.8) is 0 Å². The van der Waals surface area contributed by atoms with Gasteiger partial charge in [0.2, 0.25) is 15.8 Å². The molecule has 1 amide bonds. The fourth-order valence-corrected chi connectivity index (χ4v) is 3.79. The molecule has 2 aromatic carbocycles. The summed E-state index contributed by atoms with van der Waals surface area (Å²) in [5.41, 5.74) is 2.26. The number of aryl methyl sites for hydroxylation is 1. The van der Waals surface area contributed by atoms with Crippen LogP contribution in [-0.2, 0) is 23.0 Å². The van der Waals surface area contributed by atoms with Crippen molar-refractivity contribution >= 4 is 15.9 Å². The highest BCUT2D eigenvalue weighted by Gasteiger charge is 2.22. The molecule has 11 heteroatoms. The highest BCUT2D eigenvalue weighted by Crippen LogP contribution is 2.17. The Kier molecular flexibility index (Phi) is 6.07. The van der Waals surface area contributed by atoms with Crippen LogP contribution in [0.3, 0.4) is 0 Å². The van der Waals surface area contributed by atoms with Crippen molar-refractivity contribution < 1.29 is 17.7 Å². The minimum atomic E-state index is -3.83. The Hall–Kier alpha value is -3.83. The largest absolute Gasteiger partial charge is 0.359 e. The SMILES string of the molecule is Cc1cc(CN(C)C(=O)c2nc(Cc3ccccc3)n(-c3ccc(S(N)(=O)=O)cc3)n2)on1. The van der Waals surface area contributed by atoms with Crippen LogP contribution in [0.5, 0.6) is 0 Å². The van der Waals surface area contributed by atoms with Gasteiger partial charge in [0.15, 0.2) is 5.76 Å². The molecule has 0 aliphatic rings. The van der Waals surface area contributed by atoms with E-state index in [0.29, 0.717) is 23.7 Å². The van der Waals surface area contributed by atoms with Crippen molar-refractivity contribution in [2.75, 3.05) is 7.05 Å². The van der Waals surface area contributed by atoms with Gasteiger partial charge in [0.05, 0.1) is 22.8 Å². The third-order valence-electron chi connectivity index (χ3n) is 4.90. The van der Waals surface area contributed by atoms with Crippen LogP contribution in [0.25, 0.3) is 5.69 Å². The van der Waals surface area contributed by atoms with E-state index in [1.54, 1.807) is 32.2 Å². The standard InChI is InChI=1S/C22H22N6O4S/c1-15-12-18(32-26-15)14-27(2)22(29)21-24-20(13-16-6-4-3-5-7-16)28(25-21)17-8-10-19(11-9-17)33(23,30)31/h3-12H,13-14H2,1-2H3,(H2,23,30,31). The zero-order valence-corrected chi connectivity index (χ0v) is 18.9. The number of carbonyl (C=O) groups is 1. The third kappa shape index (κ3) is 5.16. The number of aromatic nitrogens is 4. The van der Waals surface area contributed by atoms with Crippen molar-refractivity contribution in [1.29, 1.82) is 0 Å². The molecule has 0 bridgehead atoms. The number of carbonyl (C=O) groups excluding carboxylic acids is 1. The molecule has 2 heterocycles. The Labute approximate surface area is 190 Å². The maximum absolute atomic E-state index is 13.0. The number of primary sulfonamides is 1. The van der Waals surface area contributed by atoms with Crippen LogP contribution in [0.2, 0.25) is 0 Å². The summed E-state index contributed by atoms with van der Waals surface area (Å²) >= 11 is 0. The Balaban J connectivity index is 1.68. The fourth-order valence-electron chi connectivity index (χ4n) is 3.28. The van der Waals surface area contributed by atoms with Crippen LogP contribution in [0.15, 0.2) is 70.1 Å². The van der Waals surface area contributed by atoms with Gasteiger partial charge in [0.1, 0.15) is 5.82 Å². The molecule has 0 aliphatic heterocycles. The molecule has 0 saturated carbocycles. The van der Waals surface area contributed by atoms with Crippen LogP contribution < -0.4 is 5.14 Å². The summed E-state index contributed by atoms with van der Waals surface area (Å²) in [6, 6.07) is 17.3. The first-order valence-electron chi connectivity index (χ1n) is 10.0. The van der Waals surface area contributed by atoms with Crippen LogP contribution in [0.4, 0.5) is 0 Å². The van der Waals surface area contributed by atoms with Gasteiger partial charge in [-0.2, -0.15) is 0 Å². The van der Waals surface area contributed by atoms with Crippen molar-refractivity contribution in [2.24, 2.45) is 5.14 Å². The van der Waals surface area contributed by atoms with E-state index in [1.165, 1.54) is 21.7 Å². The molecule has 2 N–H and O–H groups in total. The van der Waals surface area contributed by atoms with E-state index < -0.39 is 15.9 Å². The lowest BCUT2D eigenvalue weighted by atomic mass is 10.1. The molecule has 4 aromatic rings. The maximum Gasteiger partial charge on any atom is 0.293 e. The van der Waals surface area contributed by atoms with Crippen LogP contribution in [0, 0.1) is 6.92 Å². The molecule has 10 nitrogen and oxygen atoms in total. The predicted octanol–water partition coefficient (Wildman–Crippen LogP) is 2.07. The molecular formula is C22H22N6O4S. The average Bonchev–Trinajstić information content (AvgIpc) is 3.39. The van der Waals surface area contributed by atoms with Gasteiger partial charge in [-0.1, -0.05) is 35.5 Å². The Bertz CT molecular complexity index is 1380. The highest BCUT2D eigenvalue weighted by atomic mass is 32.2. The Morgan fingerprint density at radius 3 is 2.42 bits per heavy atom. The second-order valence-electron chi connectivity index (χ2n) is 7.56. The summed E-state index contributed by atoms with van der Waals surface area (Å²) in [6.07, 6.45) is 0.420. The van der Waals surface area contributed by atoms with Crippen molar-refractivity contribution in [3.8, 4) is 5.69 Å². The molecule has 0 unspecified atom stereocenters. The molecule has 0 radical (unpaired) electrons. The summed E-state index contributed by atoms with van der Waals surface area (Å²) in [4.78, 5) is 18.9. The van der Waals surface area contributed by atoms with Gasteiger partial charge in [-0.05, 0) is 36.8 Å². The van der Waals surface area contributed by atoms with Gasteiger partial charge in [0, 0.05) is 19.5 Å². The van der Waals surface area contributed by atoms with Crippen molar-refractivity contribution in [3.05, 3.63) is 89.3 Å². The number of rotatable bonds is 7. The minimum absolute atomic E-state index is 0.00944. The number of benzene rings is 2. The average molecular weight is 467 g/mol.